The molecule has 5 rings (SSSR count). The Morgan fingerprint density at radius 1 is 0.925 bits per heavy atom. The number of rotatable bonds is 11. The Hall–Kier alpha value is -3.97. The van der Waals surface area contributed by atoms with Crippen molar-refractivity contribution in [2.75, 3.05) is 18.0 Å². The van der Waals surface area contributed by atoms with Crippen LogP contribution in [0.25, 0.3) is 10.8 Å². The Labute approximate surface area is 243 Å². The van der Waals surface area contributed by atoms with E-state index in [0.717, 1.165) is 44.9 Å². The molecule has 1 heterocycles. The van der Waals surface area contributed by atoms with E-state index >= 15 is 0 Å². The second-order valence-corrected chi connectivity index (χ2v) is 11.0. The number of nitrogens with one attached hydrogen (secondary N) is 1. The van der Waals surface area contributed by atoms with Crippen LogP contribution in [-0.2, 0) is 22.6 Å². The van der Waals surface area contributed by atoms with Crippen LogP contribution in [0.4, 0.5) is 5.69 Å². The van der Waals surface area contributed by atoms with Gasteiger partial charge in [-0.25, -0.2) is 0 Å². The van der Waals surface area contributed by atoms with E-state index in [1.54, 1.807) is 15.9 Å². The quantitative estimate of drug-likeness (QED) is 0.212. The standard InChI is InChI=1S/C33H32BrN3O3/c1-2-3-18-35-32(39)29(20-23-10-5-4-6-11-23)36(21-24-12-7-15-26(34)19-24)30(38)22-37-28-17-9-14-25-13-8-16-27(31(25)28)33(37)40/h4-17,19,29H,2-3,18,20-22H2,1H3,(H,35,39). The highest BCUT2D eigenvalue weighted by molar-refractivity contribution is 9.10. The number of unbranched alkanes of at least 4 members (excludes halogenated alkanes) is 1. The number of nitrogens with zero attached hydrogens (tertiary/aromatic N) is 2. The molecule has 40 heavy (non-hydrogen) atoms. The predicted octanol–water partition coefficient (Wildman–Crippen LogP) is 6.12. The maximum Gasteiger partial charge on any atom is 0.259 e. The van der Waals surface area contributed by atoms with Gasteiger partial charge in [0.2, 0.25) is 11.8 Å². The molecule has 4 aromatic rings. The van der Waals surface area contributed by atoms with Crippen molar-refractivity contribution in [2.24, 2.45) is 0 Å². The van der Waals surface area contributed by atoms with Crippen LogP contribution in [0.5, 0.6) is 0 Å². The Kier molecular flexibility index (Phi) is 8.60. The van der Waals surface area contributed by atoms with Crippen LogP contribution in [0.2, 0.25) is 0 Å². The average Bonchev–Trinajstić information content (AvgIpc) is 3.23. The van der Waals surface area contributed by atoms with Gasteiger partial charge < -0.3 is 10.2 Å². The van der Waals surface area contributed by atoms with Crippen molar-refractivity contribution in [3.8, 4) is 0 Å². The van der Waals surface area contributed by atoms with Crippen LogP contribution in [0, 0.1) is 0 Å². The van der Waals surface area contributed by atoms with Gasteiger partial charge >= 0.3 is 0 Å². The van der Waals surface area contributed by atoms with Crippen molar-refractivity contribution in [1.82, 2.24) is 10.2 Å². The summed E-state index contributed by atoms with van der Waals surface area (Å²) in [7, 11) is 0. The molecule has 0 spiro atoms. The molecular weight excluding hydrogens is 566 g/mol. The predicted molar refractivity (Wildman–Crippen MR) is 162 cm³/mol. The van der Waals surface area contributed by atoms with E-state index in [4.69, 9.17) is 0 Å². The molecule has 0 bridgehead atoms. The lowest BCUT2D eigenvalue weighted by atomic mass is 10.0. The molecule has 7 heteroatoms. The second kappa shape index (κ2) is 12.5. The molecule has 204 valence electrons. The van der Waals surface area contributed by atoms with Crippen molar-refractivity contribution in [2.45, 2.75) is 38.8 Å². The molecule has 4 aromatic carbocycles. The van der Waals surface area contributed by atoms with Crippen LogP contribution in [0.15, 0.2) is 95.5 Å². The summed E-state index contributed by atoms with van der Waals surface area (Å²) in [6, 6.07) is 28.1. The highest BCUT2D eigenvalue weighted by Crippen LogP contribution is 2.37. The fraction of sp³-hybridized carbons (Fsp3) is 0.242. The first-order valence-electron chi connectivity index (χ1n) is 13.7. The highest BCUT2D eigenvalue weighted by Gasteiger charge is 2.35. The minimum absolute atomic E-state index is 0.159. The number of hydrogen-bond donors (Lipinski definition) is 1. The summed E-state index contributed by atoms with van der Waals surface area (Å²) in [4.78, 5) is 44.5. The molecular formula is C33H32BrN3O3. The largest absolute Gasteiger partial charge is 0.354 e. The Morgan fingerprint density at radius 3 is 2.40 bits per heavy atom. The summed E-state index contributed by atoms with van der Waals surface area (Å²) in [5, 5.41) is 4.87. The molecule has 1 aliphatic rings. The maximum absolute atomic E-state index is 14.2. The third-order valence-electron chi connectivity index (χ3n) is 7.29. The summed E-state index contributed by atoms with van der Waals surface area (Å²) in [5.74, 6) is -0.682. The van der Waals surface area contributed by atoms with E-state index in [9.17, 15) is 14.4 Å². The first-order chi connectivity index (χ1) is 19.5. The Balaban J connectivity index is 1.49. The zero-order chi connectivity index (χ0) is 28.1. The van der Waals surface area contributed by atoms with E-state index < -0.39 is 6.04 Å². The topological polar surface area (TPSA) is 69.7 Å². The highest BCUT2D eigenvalue weighted by atomic mass is 79.9. The average molecular weight is 599 g/mol. The molecule has 0 saturated heterocycles. The zero-order valence-corrected chi connectivity index (χ0v) is 24.1. The molecule has 1 unspecified atom stereocenters. The van der Waals surface area contributed by atoms with Gasteiger partial charge in [-0.1, -0.05) is 96.0 Å². The monoisotopic (exact) mass is 597 g/mol. The lowest BCUT2D eigenvalue weighted by Crippen LogP contribution is -2.53. The molecule has 0 aliphatic carbocycles. The van der Waals surface area contributed by atoms with Gasteiger partial charge in [-0.3, -0.25) is 19.3 Å². The van der Waals surface area contributed by atoms with Gasteiger partial charge in [-0.05, 0) is 47.2 Å². The normalized spacial score (nSPS) is 12.9. The van der Waals surface area contributed by atoms with E-state index in [1.807, 2.05) is 84.9 Å². The molecule has 0 radical (unpaired) electrons. The lowest BCUT2D eigenvalue weighted by Gasteiger charge is -2.33. The molecule has 0 saturated carbocycles. The first-order valence-corrected chi connectivity index (χ1v) is 14.4. The van der Waals surface area contributed by atoms with Gasteiger partial charge in [-0.15, -0.1) is 0 Å². The number of anilines is 1. The van der Waals surface area contributed by atoms with Gasteiger partial charge in [0.1, 0.15) is 12.6 Å². The van der Waals surface area contributed by atoms with Gasteiger partial charge in [0.25, 0.3) is 5.91 Å². The summed E-state index contributed by atoms with van der Waals surface area (Å²) in [6.45, 7) is 2.69. The number of amides is 3. The molecule has 1 N–H and O–H groups in total. The van der Waals surface area contributed by atoms with Crippen LogP contribution >= 0.6 is 15.9 Å². The van der Waals surface area contributed by atoms with Crippen LogP contribution in [0.1, 0.15) is 41.3 Å². The second-order valence-electron chi connectivity index (χ2n) is 10.1. The number of halogens is 1. The van der Waals surface area contributed by atoms with Crippen molar-refractivity contribution < 1.29 is 14.4 Å². The van der Waals surface area contributed by atoms with Gasteiger partial charge in [0.05, 0.1) is 5.69 Å². The first kappa shape index (κ1) is 27.6. The number of carbonyl (C=O) groups excluding carboxylic acids is 3. The molecule has 0 fully saturated rings. The Bertz CT molecular complexity index is 1530. The van der Waals surface area contributed by atoms with Crippen molar-refractivity contribution >= 4 is 50.1 Å². The van der Waals surface area contributed by atoms with Crippen LogP contribution < -0.4 is 10.2 Å². The molecule has 0 aromatic heterocycles. The van der Waals surface area contributed by atoms with E-state index in [1.165, 1.54) is 0 Å². The lowest BCUT2D eigenvalue weighted by molar-refractivity contribution is -0.140. The minimum atomic E-state index is -0.749. The molecule has 3 amide bonds. The van der Waals surface area contributed by atoms with Gasteiger partial charge in [-0.2, -0.15) is 0 Å². The number of carbonyl (C=O) groups is 3. The summed E-state index contributed by atoms with van der Waals surface area (Å²) < 4.78 is 0.890. The number of benzene rings is 4. The summed E-state index contributed by atoms with van der Waals surface area (Å²) in [6.07, 6.45) is 2.17. The van der Waals surface area contributed by atoms with Crippen LogP contribution in [-0.4, -0.2) is 41.8 Å². The molecule has 1 aliphatic heterocycles. The molecule has 1 atom stereocenters. The van der Waals surface area contributed by atoms with Gasteiger partial charge in [0, 0.05) is 34.9 Å². The smallest absolute Gasteiger partial charge is 0.259 e. The third-order valence-corrected chi connectivity index (χ3v) is 7.78. The maximum atomic E-state index is 14.2. The van der Waals surface area contributed by atoms with Crippen molar-refractivity contribution in [3.63, 3.8) is 0 Å². The fourth-order valence-corrected chi connectivity index (χ4v) is 5.70. The zero-order valence-electron chi connectivity index (χ0n) is 22.5. The summed E-state index contributed by atoms with van der Waals surface area (Å²) in [5.41, 5.74) is 3.17. The summed E-state index contributed by atoms with van der Waals surface area (Å²) >= 11 is 3.53. The fourth-order valence-electron chi connectivity index (χ4n) is 5.25. The SMILES string of the molecule is CCCCNC(=O)C(Cc1ccccc1)N(Cc1cccc(Br)c1)C(=O)CN1C(=O)c2cccc3cccc1c23. The molecule has 6 nitrogen and oxygen atoms in total. The van der Waals surface area contributed by atoms with Crippen molar-refractivity contribution in [1.29, 1.82) is 0 Å². The van der Waals surface area contributed by atoms with Gasteiger partial charge in [0.15, 0.2) is 0 Å². The minimum Gasteiger partial charge on any atom is -0.354 e. The van der Waals surface area contributed by atoms with Crippen molar-refractivity contribution in [3.05, 3.63) is 112 Å². The van der Waals surface area contributed by atoms with E-state index in [0.29, 0.717) is 18.5 Å². The van der Waals surface area contributed by atoms with E-state index in [-0.39, 0.29) is 30.8 Å². The third kappa shape index (κ3) is 5.94. The van der Waals surface area contributed by atoms with Crippen LogP contribution in [0.3, 0.4) is 0 Å². The number of hydrogen-bond acceptors (Lipinski definition) is 3. The van der Waals surface area contributed by atoms with E-state index in [2.05, 4.69) is 28.2 Å². The Morgan fingerprint density at radius 2 is 1.65 bits per heavy atom.